The number of imidazole rings is 1. The summed E-state index contributed by atoms with van der Waals surface area (Å²) in [4.78, 5) is 10.4. The topological polar surface area (TPSA) is 41.1 Å². The average molecular weight is 376 g/mol. The molecule has 2 heterocycles. The molecule has 0 atom stereocenters. The summed E-state index contributed by atoms with van der Waals surface area (Å²) in [7, 11) is 2.21. The van der Waals surface area contributed by atoms with Gasteiger partial charge in [-0.3, -0.25) is 0 Å². The fourth-order valence-electron chi connectivity index (χ4n) is 3.66. The number of aromatic amines is 1. The first kappa shape index (κ1) is 19.2. The lowest BCUT2D eigenvalue weighted by atomic mass is 9.93. The molecule has 1 N–H and O–H groups in total. The van der Waals surface area contributed by atoms with Crippen LogP contribution in [0.1, 0.15) is 44.0 Å². The zero-order chi connectivity index (χ0) is 18.5. The van der Waals surface area contributed by atoms with Crippen molar-refractivity contribution in [1.29, 1.82) is 0 Å². The normalized spacial score (nSPS) is 16.2. The summed E-state index contributed by atoms with van der Waals surface area (Å²) in [6.07, 6.45) is 5.91. The quantitative estimate of drug-likeness (QED) is 0.684. The van der Waals surface area contributed by atoms with Crippen molar-refractivity contribution in [3.63, 3.8) is 0 Å². The summed E-state index contributed by atoms with van der Waals surface area (Å²) in [5, 5.41) is 0.675. The zero-order valence-corrected chi connectivity index (χ0v) is 16.9. The van der Waals surface area contributed by atoms with E-state index in [9.17, 15) is 0 Å². The Balaban J connectivity index is 1.51. The van der Waals surface area contributed by atoms with Gasteiger partial charge in [0, 0.05) is 11.3 Å². The highest BCUT2D eigenvalue weighted by atomic mass is 35.5. The number of hydrogen-bond donors (Lipinski definition) is 1. The van der Waals surface area contributed by atoms with Crippen molar-refractivity contribution >= 4 is 11.6 Å². The molecule has 3 rings (SSSR count). The molecule has 0 aliphatic carbocycles. The number of halogens is 1. The largest absolute Gasteiger partial charge is 0.494 e. The predicted molar refractivity (Wildman–Crippen MR) is 108 cm³/mol. The monoisotopic (exact) mass is 375 g/mol. The molecule has 0 saturated carbocycles. The van der Waals surface area contributed by atoms with Crippen molar-refractivity contribution in [1.82, 2.24) is 14.9 Å². The van der Waals surface area contributed by atoms with Gasteiger partial charge in [-0.25, -0.2) is 4.98 Å². The van der Waals surface area contributed by atoms with E-state index < -0.39 is 0 Å². The van der Waals surface area contributed by atoms with Gasteiger partial charge in [-0.1, -0.05) is 18.5 Å². The molecule has 0 radical (unpaired) electrons. The van der Waals surface area contributed by atoms with E-state index in [2.05, 4.69) is 28.8 Å². The van der Waals surface area contributed by atoms with Crippen LogP contribution in [0.3, 0.4) is 0 Å². The Hall–Kier alpha value is -1.52. The maximum atomic E-state index is 6.47. The Morgan fingerprint density at radius 1 is 1.31 bits per heavy atom. The lowest BCUT2D eigenvalue weighted by Crippen LogP contribution is -2.30. The van der Waals surface area contributed by atoms with E-state index in [4.69, 9.17) is 16.3 Å². The molecule has 4 nitrogen and oxygen atoms in total. The molecular weight excluding hydrogens is 346 g/mol. The number of benzene rings is 1. The van der Waals surface area contributed by atoms with Gasteiger partial charge in [0.05, 0.1) is 17.3 Å². The van der Waals surface area contributed by atoms with Gasteiger partial charge in [0.2, 0.25) is 0 Å². The molecule has 0 amide bonds. The molecule has 0 bridgehead atoms. The van der Waals surface area contributed by atoms with E-state index in [1.165, 1.54) is 32.4 Å². The van der Waals surface area contributed by atoms with Crippen LogP contribution < -0.4 is 4.74 Å². The number of likely N-dealkylation sites (tertiary alicyclic amines) is 1. The molecule has 1 aromatic heterocycles. The van der Waals surface area contributed by atoms with Crippen LogP contribution in [0, 0.1) is 12.8 Å². The predicted octanol–water partition coefficient (Wildman–Crippen LogP) is 5.10. The molecule has 1 aliphatic rings. The van der Waals surface area contributed by atoms with Crippen LogP contribution in [0.2, 0.25) is 5.02 Å². The summed E-state index contributed by atoms with van der Waals surface area (Å²) in [5.41, 5.74) is 3.12. The van der Waals surface area contributed by atoms with Crippen molar-refractivity contribution in [2.75, 3.05) is 26.7 Å². The lowest BCUT2D eigenvalue weighted by Gasteiger charge is -2.28. The number of hydrogen-bond acceptors (Lipinski definition) is 3. The molecule has 0 spiro atoms. The highest BCUT2D eigenvalue weighted by Gasteiger charge is 2.16. The fourth-order valence-corrected chi connectivity index (χ4v) is 3.92. The smallest absolute Gasteiger partial charge is 0.139 e. The third-order valence-electron chi connectivity index (χ3n) is 5.38. The van der Waals surface area contributed by atoms with E-state index in [0.29, 0.717) is 5.02 Å². The lowest BCUT2D eigenvalue weighted by molar-refractivity contribution is 0.200. The summed E-state index contributed by atoms with van der Waals surface area (Å²) >= 11 is 6.47. The van der Waals surface area contributed by atoms with Crippen LogP contribution in [-0.2, 0) is 6.42 Å². The second kappa shape index (κ2) is 8.92. The third-order valence-corrected chi connectivity index (χ3v) is 5.69. The van der Waals surface area contributed by atoms with Crippen molar-refractivity contribution in [3.05, 3.63) is 34.6 Å². The van der Waals surface area contributed by atoms with Gasteiger partial charge >= 0.3 is 0 Å². The molecule has 1 aromatic carbocycles. The van der Waals surface area contributed by atoms with Gasteiger partial charge in [0.15, 0.2) is 0 Å². The van der Waals surface area contributed by atoms with Crippen LogP contribution >= 0.6 is 11.6 Å². The van der Waals surface area contributed by atoms with Crippen molar-refractivity contribution in [2.45, 2.75) is 46.0 Å². The Bertz CT molecular complexity index is 720. The van der Waals surface area contributed by atoms with Crippen molar-refractivity contribution in [3.8, 4) is 17.1 Å². The van der Waals surface area contributed by atoms with Gasteiger partial charge in [-0.05, 0) is 83.3 Å². The molecule has 1 fully saturated rings. The first-order valence-corrected chi connectivity index (χ1v) is 10.1. The number of nitrogens with zero attached hydrogens (tertiary/aromatic N) is 2. The number of ether oxygens (including phenoxy) is 1. The van der Waals surface area contributed by atoms with Gasteiger partial charge in [-0.15, -0.1) is 0 Å². The minimum Gasteiger partial charge on any atom is -0.494 e. The van der Waals surface area contributed by atoms with E-state index in [0.717, 1.165) is 53.9 Å². The van der Waals surface area contributed by atoms with E-state index in [1.807, 2.05) is 25.1 Å². The number of aryl methyl sites for hydroxylation is 2. The Labute approximate surface area is 161 Å². The summed E-state index contributed by atoms with van der Waals surface area (Å²) in [6, 6.07) is 5.88. The maximum Gasteiger partial charge on any atom is 0.139 e. The van der Waals surface area contributed by atoms with Crippen LogP contribution in [0.15, 0.2) is 18.2 Å². The second-order valence-electron chi connectivity index (χ2n) is 7.39. The molecule has 142 valence electrons. The van der Waals surface area contributed by atoms with Crippen molar-refractivity contribution < 1.29 is 4.74 Å². The van der Waals surface area contributed by atoms with Crippen LogP contribution in [0.25, 0.3) is 11.4 Å². The Morgan fingerprint density at radius 3 is 2.73 bits per heavy atom. The molecule has 1 aliphatic heterocycles. The van der Waals surface area contributed by atoms with E-state index >= 15 is 0 Å². The van der Waals surface area contributed by atoms with Gasteiger partial charge < -0.3 is 14.6 Å². The molecule has 2 aromatic rings. The molecular formula is C21H30ClN3O. The first-order chi connectivity index (χ1) is 12.6. The average Bonchev–Trinajstić information content (AvgIpc) is 3.01. The number of piperidine rings is 1. The Kier molecular flexibility index (Phi) is 6.60. The van der Waals surface area contributed by atoms with Gasteiger partial charge in [-0.2, -0.15) is 0 Å². The number of rotatable bonds is 7. The fraction of sp³-hybridized carbons (Fsp3) is 0.571. The highest BCUT2D eigenvalue weighted by molar-refractivity contribution is 6.33. The van der Waals surface area contributed by atoms with Crippen molar-refractivity contribution in [2.24, 2.45) is 5.92 Å². The highest BCUT2D eigenvalue weighted by Crippen LogP contribution is 2.30. The molecule has 26 heavy (non-hydrogen) atoms. The zero-order valence-electron chi connectivity index (χ0n) is 16.1. The summed E-state index contributed by atoms with van der Waals surface area (Å²) in [6.45, 7) is 7.37. The van der Waals surface area contributed by atoms with Crippen LogP contribution in [0.4, 0.5) is 0 Å². The third kappa shape index (κ3) is 4.80. The Morgan fingerprint density at radius 2 is 2.08 bits per heavy atom. The number of aromatic nitrogens is 2. The summed E-state index contributed by atoms with van der Waals surface area (Å²) < 4.78 is 5.91. The molecule has 5 heteroatoms. The van der Waals surface area contributed by atoms with Crippen LogP contribution in [-0.4, -0.2) is 41.6 Å². The maximum absolute atomic E-state index is 6.47. The van der Waals surface area contributed by atoms with E-state index in [1.54, 1.807) is 0 Å². The minimum atomic E-state index is 0.675. The number of nitrogens with one attached hydrogen (secondary N) is 1. The molecule has 1 saturated heterocycles. The van der Waals surface area contributed by atoms with Gasteiger partial charge in [0.1, 0.15) is 11.6 Å². The first-order valence-electron chi connectivity index (χ1n) is 9.73. The minimum absolute atomic E-state index is 0.675. The number of H-pyrrole nitrogens is 1. The van der Waals surface area contributed by atoms with Crippen LogP contribution in [0.5, 0.6) is 5.75 Å². The second-order valence-corrected chi connectivity index (χ2v) is 7.80. The standard InChI is InChI=1S/C21H30ClN3O/c1-4-20-15(2)23-21(24-20)18-8-7-17(14-19(18)22)26-13-5-6-16-9-11-25(3)12-10-16/h7-8,14,16H,4-6,9-13H2,1-3H3,(H,23,24). The summed E-state index contributed by atoms with van der Waals surface area (Å²) in [5.74, 6) is 2.52. The van der Waals surface area contributed by atoms with E-state index in [-0.39, 0.29) is 0 Å². The SMILES string of the molecule is CCc1nc(-c2ccc(OCCCC3CCN(C)CC3)cc2Cl)[nH]c1C. The molecule has 0 unspecified atom stereocenters. The van der Waals surface area contributed by atoms with Gasteiger partial charge in [0.25, 0.3) is 0 Å².